The first-order valence-corrected chi connectivity index (χ1v) is 11.8. The van der Waals surface area contributed by atoms with Crippen LogP contribution in [0.15, 0.2) is 59.6 Å². The quantitative estimate of drug-likeness (QED) is 0.563. The smallest absolute Gasteiger partial charge is 0.387 e. The van der Waals surface area contributed by atoms with Crippen molar-refractivity contribution >= 4 is 21.8 Å². The minimum absolute atomic E-state index is 0.0489. The van der Waals surface area contributed by atoms with Crippen molar-refractivity contribution in [1.82, 2.24) is 19.4 Å². The van der Waals surface area contributed by atoms with Crippen LogP contribution in [0.4, 0.5) is 8.78 Å². The molecule has 0 unspecified atom stereocenters. The molecule has 2 amide bonds. The topological polar surface area (TPSA) is 120 Å². The summed E-state index contributed by atoms with van der Waals surface area (Å²) < 4.78 is 61.0. The van der Waals surface area contributed by atoms with Gasteiger partial charge in [0, 0.05) is 23.9 Å². The first-order chi connectivity index (χ1) is 16.7. The van der Waals surface area contributed by atoms with Gasteiger partial charge in [0.15, 0.2) is 6.61 Å². The van der Waals surface area contributed by atoms with Gasteiger partial charge in [-0.05, 0) is 30.3 Å². The maximum Gasteiger partial charge on any atom is 0.387 e. The zero-order valence-electron chi connectivity index (χ0n) is 17.9. The molecule has 0 aliphatic carbocycles. The second-order valence-electron chi connectivity index (χ2n) is 7.85. The van der Waals surface area contributed by atoms with Gasteiger partial charge in [-0.2, -0.15) is 26.4 Å². The molecule has 1 N–H and O–H groups in total. The Morgan fingerprint density at radius 3 is 2.60 bits per heavy atom. The van der Waals surface area contributed by atoms with E-state index in [9.17, 15) is 26.8 Å². The van der Waals surface area contributed by atoms with Crippen molar-refractivity contribution in [3.63, 3.8) is 0 Å². The van der Waals surface area contributed by atoms with Gasteiger partial charge in [-0.25, -0.2) is 0 Å². The maximum absolute atomic E-state index is 13.3. The summed E-state index contributed by atoms with van der Waals surface area (Å²) in [5.41, 5.74) is 1.45. The molecular weight excluding hydrogens is 486 g/mol. The molecule has 35 heavy (non-hydrogen) atoms. The number of nitrogens with zero attached hydrogens (tertiary/aromatic N) is 3. The van der Waals surface area contributed by atoms with Gasteiger partial charge < -0.3 is 19.7 Å². The summed E-state index contributed by atoms with van der Waals surface area (Å²) in [5, 5.41) is 6.81. The van der Waals surface area contributed by atoms with E-state index < -0.39 is 28.6 Å². The monoisotopic (exact) mass is 504 g/mol. The van der Waals surface area contributed by atoms with E-state index >= 15 is 0 Å². The number of nitrogens with one attached hydrogen (secondary N) is 1. The number of rotatable bonds is 5. The molecule has 1 atom stereocenters. The van der Waals surface area contributed by atoms with Crippen LogP contribution in [0, 0.1) is 0 Å². The number of fused-ring (bicyclic) bond motifs is 2. The van der Waals surface area contributed by atoms with Crippen molar-refractivity contribution in [2.24, 2.45) is 0 Å². The number of amides is 2. The van der Waals surface area contributed by atoms with Crippen molar-refractivity contribution in [2.45, 2.75) is 30.6 Å². The Balaban J connectivity index is 1.34. The van der Waals surface area contributed by atoms with E-state index in [4.69, 9.17) is 4.74 Å². The highest BCUT2D eigenvalue weighted by Gasteiger charge is 2.36. The largest absolute Gasteiger partial charge is 0.483 e. The van der Waals surface area contributed by atoms with Crippen LogP contribution in [0.25, 0.3) is 0 Å². The lowest BCUT2D eigenvalue weighted by molar-refractivity contribution is -0.137. The average Bonchev–Trinajstić information content (AvgIpc) is 3.36. The molecule has 0 bridgehead atoms. The number of carbonyl (C=O) groups is 2. The molecule has 182 valence electrons. The molecule has 2 aliphatic rings. The molecule has 0 saturated carbocycles. The Kier molecular flexibility index (Phi) is 5.63. The summed E-state index contributed by atoms with van der Waals surface area (Å²) in [7, 11) is -4.09. The molecule has 10 nitrogen and oxygen atoms in total. The van der Waals surface area contributed by atoms with E-state index in [-0.39, 0.29) is 36.2 Å². The number of halogens is 2. The fourth-order valence-electron chi connectivity index (χ4n) is 3.96. The van der Waals surface area contributed by atoms with Crippen LogP contribution in [0.2, 0.25) is 0 Å². The number of para-hydroxylation sites is 1. The fourth-order valence-corrected chi connectivity index (χ4v) is 5.13. The Hall–Kier alpha value is -4.00. The van der Waals surface area contributed by atoms with E-state index in [1.165, 1.54) is 11.1 Å². The van der Waals surface area contributed by atoms with E-state index in [1.807, 2.05) is 0 Å². The number of alkyl halides is 2. The third kappa shape index (κ3) is 4.30. The van der Waals surface area contributed by atoms with Crippen LogP contribution >= 0.6 is 0 Å². The van der Waals surface area contributed by atoms with Gasteiger partial charge in [0.05, 0.1) is 17.1 Å². The van der Waals surface area contributed by atoms with Crippen molar-refractivity contribution in [2.75, 3.05) is 6.61 Å². The zero-order chi connectivity index (χ0) is 24.7. The van der Waals surface area contributed by atoms with Crippen LogP contribution in [-0.2, 0) is 32.7 Å². The predicted octanol–water partition coefficient (Wildman–Crippen LogP) is 1.81. The lowest BCUT2D eigenvalue weighted by atomic mass is 10.0. The van der Waals surface area contributed by atoms with Crippen LogP contribution in [0.5, 0.6) is 11.5 Å². The lowest BCUT2D eigenvalue weighted by Gasteiger charge is -2.23. The SMILES string of the molecule is O=C1COc2ccccc2[C@@H](C(=O)N2Cc3cn(S(=O)(=O)c4ccc(OC(F)F)cc4)nc3C2)N1. The standard InChI is InChI=1S/C22H18F2N4O6S/c23-22(24)34-14-5-7-15(8-6-14)35(31,32)28-10-13-9-27(11-17(13)26-28)21(30)20-16-3-1-2-4-18(16)33-12-19(29)25-20/h1-8,10,20,22H,9,11-12H2,(H,25,29)/t20-/m0/s1. The van der Waals surface area contributed by atoms with Crippen LogP contribution in [0.3, 0.4) is 0 Å². The molecule has 0 spiro atoms. The molecule has 0 saturated heterocycles. The Morgan fingerprint density at radius 2 is 1.89 bits per heavy atom. The van der Waals surface area contributed by atoms with Crippen LogP contribution < -0.4 is 14.8 Å². The van der Waals surface area contributed by atoms with E-state index in [0.29, 0.717) is 22.6 Å². The van der Waals surface area contributed by atoms with Gasteiger partial charge >= 0.3 is 6.61 Å². The molecule has 0 radical (unpaired) electrons. The average molecular weight is 504 g/mol. The fraction of sp³-hybridized carbons (Fsp3) is 0.227. The summed E-state index contributed by atoms with van der Waals surface area (Å²) in [4.78, 5) is 26.7. The normalized spacial score (nSPS) is 17.3. The Morgan fingerprint density at radius 1 is 1.14 bits per heavy atom. The number of carbonyl (C=O) groups excluding carboxylic acids is 2. The lowest BCUT2D eigenvalue weighted by Crippen LogP contribution is -2.41. The van der Waals surface area contributed by atoms with Crippen LogP contribution in [-0.4, -0.2) is 47.5 Å². The third-order valence-corrected chi connectivity index (χ3v) is 7.15. The highest BCUT2D eigenvalue weighted by Crippen LogP contribution is 2.32. The molecular formula is C22H18F2N4O6S. The maximum atomic E-state index is 13.3. The molecule has 2 aromatic carbocycles. The van der Waals surface area contributed by atoms with Gasteiger partial charge in [-0.1, -0.05) is 18.2 Å². The highest BCUT2D eigenvalue weighted by atomic mass is 32.2. The summed E-state index contributed by atoms with van der Waals surface area (Å²) >= 11 is 0. The molecule has 2 aliphatic heterocycles. The van der Waals surface area contributed by atoms with E-state index in [0.717, 1.165) is 28.4 Å². The minimum Gasteiger partial charge on any atom is -0.483 e. The van der Waals surface area contributed by atoms with Gasteiger partial charge in [0.1, 0.15) is 17.5 Å². The first-order valence-electron chi connectivity index (χ1n) is 10.4. The van der Waals surface area contributed by atoms with Gasteiger partial charge in [0.2, 0.25) is 0 Å². The minimum atomic E-state index is -4.09. The molecule has 3 heterocycles. The molecule has 5 rings (SSSR count). The summed E-state index contributed by atoms with van der Waals surface area (Å²) in [5.74, 6) is -0.549. The number of hydrogen-bond donors (Lipinski definition) is 1. The van der Waals surface area contributed by atoms with Crippen molar-refractivity contribution in [3.8, 4) is 11.5 Å². The second-order valence-corrected chi connectivity index (χ2v) is 9.65. The highest BCUT2D eigenvalue weighted by molar-refractivity contribution is 7.89. The molecule has 1 aromatic heterocycles. The Labute approximate surface area is 198 Å². The first kappa shape index (κ1) is 22.8. The van der Waals surface area contributed by atoms with E-state index in [2.05, 4.69) is 15.2 Å². The summed E-state index contributed by atoms with van der Waals surface area (Å²) in [6.45, 7) is -3.08. The molecule has 13 heteroatoms. The van der Waals surface area contributed by atoms with Crippen LogP contribution in [0.1, 0.15) is 22.9 Å². The zero-order valence-corrected chi connectivity index (χ0v) is 18.7. The van der Waals surface area contributed by atoms with Gasteiger partial charge in [-0.3, -0.25) is 9.59 Å². The number of hydrogen-bond acceptors (Lipinski definition) is 7. The Bertz CT molecular complexity index is 1380. The number of benzene rings is 2. The van der Waals surface area contributed by atoms with Gasteiger partial charge in [-0.15, -0.1) is 0 Å². The van der Waals surface area contributed by atoms with Crippen molar-refractivity contribution in [3.05, 3.63) is 71.5 Å². The summed E-state index contributed by atoms with van der Waals surface area (Å²) in [6, 6.07) is 10.4. The predicted molar refractivity (Wildman–Crippen MR) is 115 cm³/mol. The number of aromatic nitrogens is 2. The summed E-state index contributed by atoms with van der Waals surface area (Å²) in [6.07, 6.45) is 1.31. The third-order valence-electron chi connectivity index (χ3n) is 5.60. The number of ether oxygens (including phenoxy) is 2. The van der Waals surface area contributed by atoms with Crippen molar-refractivity contribution in [1.29, 1.82) is 0 Å². The molecule has 0 fully saturated rings. The second kappa shape index (κ2) is 8.65. The van der Waals surface area contributed by atoms with Crippen molar-refractivity contribution < 1.29 is 36.3 Å². The van der Waals surface area contributed by atoms with E-state index in [1.54, 1.807) is 24.3 Å². The molecule has 3 aromatic rings. The van der Waals surface area contributed by atoms with Gasteiger partial charge in [0.25, 0.3) is 21.8 Å².